The summed E-state index contributed by atoms with van der Waals surface area (Å²) >= 11 is 0. The number of nitrogens with zero attached hydrogens (tertiary/aromatic N) is 1. The molecule has 1 N–H and O–H groups in total. The molecular formula is C14H15NO5. The van der Waals surface area contributed by atoms with Crippen molar-refractivity contribution in [2.24, 2.45) is 5.92 Å². The standard InChI is InChI=1S/C14H15NO5/c1-15-12(16)5-3-9(14(17)18)13(15)8-2-4-10-11(6-8)20-7-19-10/h2,4,6,9,13H,3,5,7H2,1H3,(H,17,18)/t9-,13+/m1/s1. The quantitative estimate of drug-likeness (QED) is 0.884. The van der Waals surface area contributed by atoms with Crippen LogP contribution in [0.2, 0.25) is 0 Å². The van der Waals surface area contributed by atoms with Crippen LogP contribution in [0.15, 0.2) is 18.2 Å². The van der Waals surface area contributed by atoms with Crippen molar-refractivity contribution < 1.29 is 24.2 Å². The van der Waals surface area contributed by atoms with E-state index in [1.54, 1.807) is 25.2 Å². The number of amides is 1. The van der Waals surface area contributed by atoms with Crippen molar-refractivity contribution in [1.82, 2.24) is 4.90 Å². The van der Waals surface area contributed by atoms with Gasteiger partial charge in [0.25, 0.3) is 0 Å². The highest BCUT2D eigenvalue weighted by Crippen LogP contribution is 2.40. The Balaban J connectivity index is 1.99. The van der Waals surface area contributed by atoms with E-state index in [0.717, 1.165) is 5.56 Å². The van der Waals surface area contributed by atoms with Gasteiger partial charge in [-0.25, -0.2) is 0 Å². The van der Waals surface area contributed by atoms with Gasteiger partial charge in [0.15, 0.2) is 11.5 Å². The minimum Gasteiger partial charge on any atom is -0.481 e. The topological polar surface area (TPSA) is 76.1 Å². The zero-order chi connectivity index (χ0) is 14.3. The molecule has 2 atom stereocenters. The summed E-state index contributed by atoms with van der Waals surface area (Å²) in [6.07, 6.45) is 0.631. The number of likely N-dealkylation sites (tertiary alicyclic amines) is 1. The summed E-state index contributed by atoms with van der Waals surface area (Å²) < 4.78 is 10.6. The average molecular weight is 277 g/mol. The summed E-state index contributed by atoms with van der Waals surface area (Å²) in [5.74, 6) is -0.279. The maximum atomic E-state index is 11.9. The van der Waals surface area contributed by atoms with Crippen LogP contribution in [0.25, 0.3) is 0 Å². The van der Waals surface area contributed by atoms with E-state index in [9.17, 15) is 14.7 Å². The number of rotatable bonds is 2. The number of carbonyl (C=O) groups is 2. The highest BCUT2D eigenvalue weighted by atomic mass is 16.7. The van der Waals surface area contributed by atoms with Crippen molar-refractivity contribution in [2.45, 2.75) is 18.9 Å². The Hall–Kier alpha value is -2.24. The molecule has 3 rings (SSSR count). The normalized spacial score (nSPS) is 24.9. The fraction of sp³-hybridized carbons (Fsp3) is 0.429. The van der Waals surface area contributed by atoms with Crippen LogP contribution < -0.4 is 9.47 Å². The minimum absolute atomic E-state index is 0.0369. The lowest BCUT2D eigenvalue weighted by Crippen LogP contribution is -2.42. The molecule has 6 heteroatoms. The lowest BCUT2D eigenvalue weighted by Gasteiger charge is -2.37. The third-order valence-corrected chi connectivity index (χ3v) is 3.92. The molecule has 1 saturated heterocycles. The summed E-state index contributed by atoms with van der Waals surface area (Å²) in [6.45, 7) is 0.167. The molecule has 0 unspecified atom stereocenters. The van der Waals surface area contributed by atoms with Crippen molar-refractivity contribution in [3.8, 4) is 11.5 Å². The van der Waals surface area contributed by atoms with E-state index >= 15 is 0 Å². The third-order valence-electron chi connectivity index (χ3n) is 3.92. The summed E-state index contributed by atoms with van der Waals surface area (Å²) in [5.41, 5.74) is 0.761. The first-order chi connectivity index (χ1) is 9.58. The first kappa shape index (κ1) is 12.8. The molecule has 1 aromatic carbocycles. The summed E-state index contributed by atoms with van der Waals surface area (Å²) in [7, 11) is 1.65. The number of hydrogen-bond donors (Lipinski definition) is 1. The number of carboxylic acids is 1. The van der Waals surface area contributed by atoms with E-state index in [-0.39, 0.29) is 19.1 Å². The first-order valence-corrected chi connectivity index (χ1v) is 6.46. The number of carboxylic acid groups (broad SMARTS) is 1. The maximum absolute atomic E-state index is 11.9. The Kier molecular flexibility index (Phi) is 3.00. The Morgan fingerprint density at radius 3 is 2.85 bits per heavy atom. The zero-order valence-electron chi connectivity index (χ0n) is 11.0. The van der Waals surface area contributed by atoms with Gasteiger partial charge in [0.1, 0.15) is 0 Å². The summed E-state index contributed by atoms with van der Waals surface area (Å²) in [6, 6.07) is 4.84. The van der Waals surface area contributed by atoms with Gasteiger partial charge in [-0.2, -0.15) is 0 Å². The SMILES string of the molecule is CN1C(=O)CC[C@@H](C(=O)O)[C@@H]1c1ccc2c(c1)OCO2. The average Bonchev–Trinajstić information content (AvgIpc) is 2.88. The zero-order valence-corrected chi connectivity index (χ0v) is 11.0. The molecular weight excluding hydrogens is 262 g/mol. The maximum Gasteiger partial charge on any atom is 0.308 e. The van der Waals surface area contributed by atoms with Gasteiger partial charge in [0, 0.05) is 13.5 Å². The molecule has 1 amide bonds. The van der Waals surface area contributed by atoms with E-state index in [2.05, 4.69) is 0 Å². The van der Waals surface area contributed by atoms with Gasteiger partial charge in [-0.05, 0) is 24.1 Å². The van der Waals surface area contributed by atoms with Crippen molar-refractivity contribution >= 4 is 11.9 Å². The van der Waals surface area contributed by atoms with Crippen LogP contribution in [0.1, 0.15) is 24.4 Å². The van der Waals surface area contributed by atoms with Gasteiger partial charge >= 0.3 is 5.97 Å². The molecule has 2 aliphatic rings. The fourth-order valence-corrected chi connectivity index (χ4v) is 2.85. The van der Waals surface area contributed by atoms with Gasteiger partial charge in [0.05, 0.1) is 12.0 Å². The molecule has 106 valence electrons. The predicted octanol–water partition coefficient (Wildman–Crippen LogP) is 1.41. The number of benzene rings is 1. The monoisotopic (exact) mass is 277 g/mol. The molecule has 20 heavy (non-hydrogen) atoms. The van der Waals surface area contributed by atoms with Gasteiger partial charge in [-0.1, -0.05) is 6.07 Å². The second kappa shape index (κ2) is 4.70. The van der Waals surface area contributed by atoms with Crippen LogP contribution in [0.5, 0.6) is 11.5 Å². The van der Waals surface area contributed by atoms with Gasteiger partial charge in [-0.3, -0.25) is 9.59 Å². The molecule has 1 aromatic rings. The molecule has 6 nitrogen and oxygen atoms in total. The summed E-state index contributed by atoms with van der Waals surface area (Å²) in [4.78, 5) is 24.8. The Morgan fingerprint density at radius 2 is 2.10 bits per heavy atom. The van der Waals surface area contributed by atoms with Crippen LogP contribution in [0.3, 0.4) is 0 Å². The first-order valence-electron chi connectivity index (χ1n) is 6.46. The Bertz CT molecular complexity index is 571. The highest BCUT2D eigenvalue weighted by Gasteiger charge is 2.39. The van der Waals surface area contributed by atoms with Crippen molar-refractivity contribution in [2.75, 3.05) is 13.8 Å². The molecule has 0 bridgehead atoms. The lowest BCUT2D eigenvalue weighted by atomic mass is 9.84. The van der Waals surface area contributed by atoms with Gasteiger partial charge in [0.2, 0.25) is 12.7 Å². The van der Waals surface area contributed by atoms with Crippen LogP contribution in [0, 0.1) is 5.92 Å². The van der Waals surface area contributed by atoms with E-state index < -0.39 is 17.9 Å². The fourth-order valence-electron chi connectivity index (χ4n) is 2.85. The van der Waals surface area contributed by atoms with Crippen LogP contribution in [-0.2, 0) is 9.59 Å². The van der Waals surface area contributed by atoms with Gasteiger partial charge < -0.3 is 19.5 Å². The molecule has 2 aliphatic heterocycles. The van der Waals surface area contributed by atoms with Gasteiger partial charge in [-0.15, -0.1) is 0 Å². The number of hydrogen-bond acceptors (Lipinski definition) is 4. The highest BCUT2D eigenvalue weighted by molar-refractivity contribution is 5.81. The lowest BCUT2D eigenvalue weighted by molar-refractivity contribution is -0.150. The number of ether oxygens (including phenoxy) is 2. The predicted molar refractivity (Wildman–Crippen MR) is 68.4 cm³/mol. The third kappa shape index (κ3) is 1.97. The molecule has 0 aliphatic carbocycles. The van der Waals surface area contributed by atoms with Crippen LogP contribution in [-0.4, -0.2) is 35.7 Å². The summed E-state index contributed by atoms with van der Waals surface area (Å²) in [5, 5.41) is 9.37. The van der Waals surface area contributed by atoms with Crippen LogP contribution >= 0.6 is 0 Å². The molecule has 1 fully saturated rings. The van der Waals surface area contributed by atoms with E-state index in [1.807, 2.05) is 0 Å². The van der Waals surface area contributed by atoms with Crippen molar-refractivity contribution in [1.29, 1.82) is 0 Å². The van der Waals surface area contributed by atoms with Crippen molar-refractivity contribution in [3.05, 3.63) is 23.8 Å². The number of piperidine rings is 1. The Labute approximate surface area is 115 Å². The Morgan fingerprint density at radius 1 is 1.35 bits per heavy atom. The smallest absolute Gasteiger partial charge is 0.308 e. The molecule has 2 heterocycles. The molecule has 0 radical (unpaired) electrons. The van der Waals surface area contributed by atoms with Crippen molar-refractivity contribution in [3.63, 3.8) is 0 Å². The van der Waals surface area contributed by atoms with Crippen LogP contribution in [0.4, 0.5) is 0 Å². The molecule has 0 spiro atoms. The van der Waals surface area contributed by atoms with E-state index in [0.29, 0.717) is 17.9 Å². The largest absolute Gasteiger partial charge is 0.481 e. The number of fused-ring (bicyclic) bond motifs is 1. The molecule has 0 saturated carbocycles. The number of aliphatic carboxylic acids is 1. The second-order valence-corrected chi connectivity index (χ2v) is 5.05. The number of carbonyl (C=O) groups excluding carboxylic acids is 1. The van der Waals surface area contributed by atoms with E-state index in [1.165, 1.54) is 4.90 Å². The second-order valence-electron chi connectivity index (χ2n) is 5.05. The molecule has 0 aromatic heterocycles. The minimum atomic E-state index is -0.882. The van der Waals surface area contributed by atoms with E-state index in [4.69, 9.17) is 9.47 Å².